The molecule has 0 saturated carbocycles. The summed E-state index contributed by atoms with van der Waals surface area (Å²) >= 11 is 1.43. The second-order valence-electron chi connectivity index (χ2n) is 8.05. The van der Waals surface area contributed by atoms with Crippen molar-refractivity contribution in [2.24, 2.45) is 0 Å². The van der Waals surface area contributed by atoms with E-state index in [9.17, 15) is 9.59 Å². The number of anilines is 1. The first kappa shape index (κ1) is 21.8. The topological polar surface area (TPSA) is 73.2 Å². The number of thiophene rings is 1. The van der Waals surface area contributed by atoms with Gasteiger partial charge in [-0.25, -0.2) is 4.98 Å². The molecule has 0 aliphatic rings. The average Bonchev–Trinajstić information content (AvgIpc) is 3.18. The molecular formula is C25H25N3O3S. The smallest absolute Gasteiger partial charge is 0.263 e. The van der Waals surface area contributed by atoms with Crippen molar-refractivity contribution in [2.75, 3.05) is 5.32 Å². The minimum Gasteiger partial charge on any atom is -0.491 e. The van der Waals surface area contributed by atoms with Crippen LogP contribution in [0.3, 0.4) is 0 Å². The van der Waals surface area contributed by atoms with Crippen LogP contribution in [0.2, 0.25) is 0 Å². The number of nitrogens with zero attached hydrogens (tertiary/aromatic N) is 2. The van der Waals surface area contributed by atoms with Crippen LogP contribution in [0.4, 0.5) is 5.69 Å². The maximum Gasteiger partial charge on any atom is 0.263 e. The van der Waals surface area contributed by atoms with Gasteiger partial charge in [-0.05, 0) is 68.7 Å². The fraction of sp³-hybridized carbons (Fsp3) is 0.240. The summed E-state index contributed by atoms with van der Waals surface area (Å²) < 4.78 is 6.97. The van der Waals surface area contributed by atoms with Crippen LogP contribution in [-0.4, -0.2) is 21.6 Å². The molecule has 2 heterocycles. The molecule has 4 rings (SSSR count). The molecule has 0 fully saturated rings. The maximum atomic E-state index is 13.2. The number of nitrogens with one attached hydrogen (secondary N) is 1. The number of amides is 1. The Bertz CT molecular complexity index is 1340. The summed E-state index contributed by atoms with van der Waals surface area (Å²) in [5.41, 5.74) is 4.60. The van der Waals surface area contributed by atoms with Crippen LogP contribution in [-0.2, 0) is 11.3 Å². The van der Waals surface area contributed by atoms with Crippen LogP contribution in [0.15, 0.2) is 59.0 Å². The van der Waals surface area contributed by atoms with Gasteiger partial charge in [0.25, 0.3) is 5.56 Å². The molecule has 32 heavy (non-hydrogen) atoms. The van der Waals surface area contributed by atoms with Gasteiger partial charge in [-0.2, -0.15) is 0 Å². The summed E-state index contributed by atoms with van der Waals surface area (Å²) in [6.45, 7) is 7.90. The predicted molar refractivity (Wildman–Crippen MR) is 130 cm³/mol. The number of hydrogen-bond acceptors (Lipinski definition) is 5. The molecule has 7 heteroatoms. The predicted octanol–water partition coefficient (Wildman–Crippen LogP) is 5.17. The number of benzene rings is 2. The standard InChI is InChI=1S/C25H25N3O3S/c1-15(2)31-20-9-7-19(8-10-20)27-22(29)12-28-14-26-24-23(25(28)30)21(13-32-24)18-6-5-16(3)17(4)11-18/h5-11,13-15H,12H2,1-4H3,(H,27,29). The first-order valence-corrected chi connectivity index (χ1v) is 11.3. The van der Waals surface area contributed by atoms with Gasteiger partial charge in [0.1, 0.15) is 17.1 Å². The normalized spacial score (nSPS) is 11.2. The SMILES string of the molecule is Cc1ccc(-c2csc3ncn(CC(=O)Nc4ccc(OC(C)C)cc4)c(=O)c23)cc1C. The highest BCUT2D eigenvalue weighted by Gasteiger charge is 2.15. The van der Waals surface area contributed by atoms with Crippen molar-refractivity contribution in [3.8, 4) is 16.9 Å². The Labute approximate surface area is 190 Å². The molecule has 0 radical (unpaired) electrons. The Morgan fingerprint density at radius 1 is 1.12 bits per heavy atom. The van der Waals surface area contributed by atoms with Crippen LogP contribution in [0.25, 0.3) is 21.3 Å². The van der Waals surface area contributed by atoms with Gasteiger partial charge in [0, 0.05) is 16.6 Å². The minimum atomic E-state index is -0.297. The maximum absolute atomic E-state index is 13.2. The average molecular weight is 448 g/mol. The quantitative estimate of drug-likeness (QED) is 0.443. The third-order valence-corrected chi connectivity index (χ3v) is 6.09. The van der Waals surface area contributed by atoms with Crippen molar-refractivity contribution in [1.82, 2.24) is 9.55 Å². The number of carbonyl (C=O) groups excluding carboxylic acids is 1. The molecule has 0 saturated heterocycles. The van der Waals surface area contributed by atoms with Gasteiger partial charge in [-0.15, -0.1) is 11.3 Å². The molecule has 0 unspecified atom stereocenters. The molecule has 164 valence electrons. The van der Waals surface area contributed by atoms with Gasteiger partial charge in [-0.3, -0.25) is 14.2 Å². The van der Waals surface area contributed by atoms with Crippen LogP contribution in [0.1, 0.15) is 25.0 Å². The van der Waals surface area contributed by atoms with Crippen molar-refractivity contribution < 1.29 is 9.53 Å². The highest BCUT2D eigenvalue weighted by atomic mass is 32.1. The summed E-state index contributed by atoms with van der Waals surface area (Å²) in [5, 5.41) is 5.32. The largest absolute Gasteiger partial charge is 0.491 e. The van der Waals surface area contributed by atoms with Gasteiger partial charge in [-0.1, -0.05) is 18.2 Å². The number of fused-ring (bicyclic) bond motifs is 1. The van der Waals surface area contributed by atoms with Crippen molar-refractivity contribution in [3.05, 3.63) is 75.7 Å². The molecule has 0 aliphatic carbocycles. The monoisotopic (exact) mass is 447 g/mol. The van der Waals surface area contributed by atoms with E-state index in [1.807, 2.05) is 31.4 Å². The zero-order valence-electron chi connectivity index (χ0n) is 18.5. The van der Waals surface area contributed by atoms with Crippen molar-refractivity contribution in [3.63, 3.8) is 0 Å². The second kappa shape index (κ2) is 8.96. The summed E-state index contributed by atoms with van der Waals surface area (Å²) in [5.74, 6) is 0.439. The molecular weight excluding hydrogens is 422 g/mol. The molecule has 0 atom stereocenters. The minimum absolute atomic E-state index is 0.0792. The van der Waals surface area contributed by atoms with Crippen molar-refractivity contribution >= 4 is 33.1 Å². The Morgan fingerprint density at radius 2 is 1.88 bits per heavy atom. The Hall–Kier alpha value is -3.45. The summed E-state index contributed by atoms with van der Waals surface area (Å²) in [6, 6.07) is 13.3. The van der Waals surface area contributed by atoms with Gasteiger partial charge < -0.3 is 10.1 Å². The number of aromatic nitrogens is 2. The number of hydrogen-bond donors (Lipinski definition) is 1. The van der Waals surface area contributed by atoms with E-state index in [0.717, 1.165) is 22.4 Å². The number of rotatable bonds is 6. The molecule has 4 aromatic rings. The van der Waals surface area contributed by atoms with E-state index in [4.69, 9.17) is 4.74 Å². The highest BCUT2D eigenvalue weighted by molar-refractivity contribution is 7.17. The van der Waals surface area contributed by atoms with Crippen molar-refractivity contribution in [1.29, 1.82) is 0 Å². The van der Waals surface area contributed by atoms with Crippen molar-refractivity contribution in [2.45, 2.75) is 40.3 Å². The lowest BCUT2D eigenvalue weighted by Gasteiger charge is -2.11. The molecule has 0 aliphatic heterocycles. The summed E-state index contributed by atoms with van der Waals surface area (Å²) in [6.07, 6.45) is 1.51. The van der Waals surface area contributed by atoms with Gasteiger partial charge >= 0.3 is 0 Å². The molecule has 0 bridgehead atoms. The number of aryl methyl sites for hydroxylation is 2. The Kier molecular flexibility index (Phi) is 6.10. The van der Waals surface area contributed by atoms with Gasteiger partial charge in [0.15, 0.2) is 0 Å². The molecule has 2 aromatic carbocycles. The lowest BCUT2D eigenvalue weighted by Crippen LogP contribution is -2.27. The molecule has 2 aromatic heterocycles. The lowest BCUT2D eigenvalue weighted by molar-refractivity contribution is -0.116. The summed E-state index contributed by atoms with van der Waals surface area (Å²) in [4.78, 5) is 30.9. The van der Waals surface area contributed by atoms with Crippen LogP contribution in [0.5, 0.6) is 5.75 Å². The third kappa shape index (κ3) is 4.57. The fourth-order valence-corrected chi connectivity index (χ4v) is 4.35. The molecule has 0 spiro atoms. The second-order valence-corrected chi connectivity index (χ2v) is 8.90. The van der Waals surface area contributed by atoms with E-state index in [1.165, 1.54) is 27.8 Å². The Balaban J connectivity index is 1.57. The van der Waals surface area contributed by atoms with E-state index < -0.39 is 0 Å². The number of carbonyl (C=O) groups is 1. The van der Waals surface area contributed by atoms with Crippen LogP contribution < -0.4 is 15.6 Å². The third-order valence-electron chi connectivity index (χ3n) is 5.20. The first-order chi connectivity index (χ1) is 15.3. The van der Waals surface area contributed by atoms with E-state index in [1.54, 1.807) is 24.3 Å². The van der Waals surface area contributed by atoms with Gasteiger partial charge in [0.05, 0.1) is 17.8 Å². The Morgan fingerprint density at radius 3 is 2.56 bits per heavy atom. The zero-order valence-corrected chi connectivity index (χ0v) is 19.3. The number of ether oxygens (including phenoxy) is 1. The summed E-state index contributed by atoms with van der Waals surface area (Å²) in [7, 11) is 0. The zero-order chi connectivity index (χ0) is 22.8. The van der Waals surface area contributed by atoms with Gasteiger partial charge in [0.2, 0.25) is 5.91 Å². The van der Waals surface area contributed by atoms with E-state index in [2.05, 4.69) is 30.2 Å². The lowest BCUT2D eigenvalue weighted by atomic mass is 10.0. The van der Waals surface area contributed by atoms with E-state index >= 15 is 0 Å². The van der Waals surface area contributed by atoms with Crippen LogP contribution >= 0.6 is 11.3 Å². The highest BCUT2D eigenvalue weighted by Crippen LogP contribution is 2.31. The van der Waals surface area contributed by atoms with Crippen LogP contribution in [0, 0.1) is 13.8 Å². The molecule has 1 amide bonds. The molecule has 6 nitrogen and oxygen atoms in total. The fourth-order valence-electron chi connectivity index (χ4n) is 3.45. The van der Waals surface area contributed by atoms with E-state index in [-0.39, 0.29) is 24.1 Å². The first-order valence-electron chi connectivity index (χ1n) is 10.4. The van der Waals surface area contributed by atoms with E-state index in [0.29, 0.717) is 15.9 Å². The molecule has 1 N–H and O–H groups in total.